The third-order valence-electron chi connectivity index (χ3n) is 3.63. The van der Waals surface area contributed by atoms with Crippen LogP contribution in [0.5, 0.6) is 5.75 Å². The molecule has 0 bridgehead atoms. The van der Waals surface area contributed by atoms with E-state index in [9.17, 15) is 10.1 Å². The molecule has 2 aromatic carbocycles. The van der Waals surface area contributed by atoms with Crippen molar-refractivity contribution in [1.29, 1.82) is 5.26 Å². The Morgan fingerprint density at radius 2 is 1.88 bits per heavy atom. The summed E-state index contributed by atoms with van der Waals surface area (Å²) < 4.78 is 5.38. The topological polar surface area (TPSA) is 62.1 Å². The number of hydrogen-bond acceptors (Lipinski definition) is 3. The average molecular weight is 389 g/mol. The van der Waals surface area contributed by atoms with Gasteiger partial charge in [-0.2, -0.15) is 5.26 Å². The van der Waals surface area contributed by atoms with Gasteiger partial charge in [-0.05, 0) is 61.7 Å². The molecule has 0 saturated heterocycles. The molecule has 0 aliphatic carbocycles. The molecular weight excluding hydrogens is 371 g/mol. The first-order chi connectivity index (χ1) is 12.3. The third-order valence-corrected chi connectivity index (χ3v) is 4.19. The molecule has 4 nitrogen and oxygen atoms in total. The molecule has 134 valence electrons. The summed E-state index contributed by atoms with van der Waals surface area (Å²) in [6.45, 7) is 6.07. The zero-order valence-corrected chi connectivity index (χ0v) is 16.2. The number of benzene rings is 2. The van der Waals surface area contributed by atoms with Gasteiger partial charge in [0.1, 0.15) is 11.6 Å². The number of nitrogens with one attached hydrogen (secondary N) is 1. The summed E-state index contributed by atoms with van der Waals surface area (Å²) in [5.41, 5.74) is 3.07. The summed E-state index contributed by atoms with van der Waals surface area (Å²) in [4.78, 5) is 12.5. The highest BCUT2D eigenvalue weighted by Gasteiger charge is 2.13. The average Bonchev–Trinajstić information content (AvgIpc) is 2.59. The number of nitrogens with zero attached hydrogens (tertiary/aromatic N) is 1. The molecule has 26 heavy (non-hydrogen) atoms. The van der Waals surface area contributed by atoms with Crippen LogP contribution < -0.4 is 10.1 Å². The first kappa shape index (κ1) is 19.8. The number of carbonyl (C=O) groups excluding carboxylic acids is 1. The predicted molar refractivity (Wildman–Crippen MR) is 106 cm³/mol. The van der Waals surface area contributed by atoms with Crippen LogP contribution in [0.2, 0.25) is 10.0 Å². The molecule has 0 unspecified atom stereocenters. The third kappa shape index (κ3) is 4.78. The largest absolute Gasteiger partial charge is 0.491 e. The SMILES string of the molecule is CCOc1c(Cl)cc(/C=C(\C#N)C(=O)Nc2cc(C)ccc2C)cc1Cl. The van der Waals surface area contributed by atoms with Crippen LogP contribution in [0.25, 0.3) is 6.08 Å². The van der Waals surface area contributed by atoms with E-state index in [0.717, 1.165) is 11.1 Å². The molecule has 0 aliphatic heterocycles. The molecule has 0 aromatic heterocycles. The highest BCUT2D eigenvalue weighted by atomic mass is 35.5. The van der Waals surface area contributed by atoms with Crippen molar-refractivity contribution >= 4 is 40.9 Å². The molecule has 1 amide bonds. The number of hydrogen-bond donors (Lipinski definition) is 1. The first-order valence-corrected chi connectivity index (χ1v) is 8.73. The predicted octanol–water partition coefficient (Wildman–Crippen LogP) is 5.55. The van der Waals surface area contributed by atoms with Crippen molar-refractivity contribution in [3.05, 3.63) is 62.6 Å². The van der Waals surface area contributed by atoms with Crippen molar-refractivity contribution in [3.63, 3.8) is 0 Å². The zero-order chi connectivity index (χ0) is 19.3. The Morgan fingerprint density at radius 1 is 1.23 bits per heavy atom. The van der Waals surface area contributed by atoms with Crippen LogP contribution in [0.15, 0.2) is 35.9 Å². The summed E-state index contributed by atoms with van der Waals surface area (Å²) in [5, 5.41) is 12.8. The molecule has 0 radical (unpaired) electrons. The van der Waals surface area contributed by atoms with Gasteiger partial charge >= 0.3 is 0 Å². The van der Waals surface area contributed by atoms with E-state index >= 15 is 0 Å². The first-order valence-electron chi connectivity index (χ1n) is 7.98. The van der Waals surface area contributed by atoms with Crippen LogP contribution >= 0.6 is 23.2 Å². The van der Waals surface area contributed by atoms with Crippen molar-refractivity contribution in [1.82, 2.24) is 0 Å². The number of aryl methyl sites for hydroxylation is 2. The Morgan fingerprint density at radius 3 is 2.46 bits per heavy atom. The molecule has 0 aliphatic rings. The second-order valence-electron chi connectivity index (χ2n) is 5.69. The lowest BCUT2D eigenvalue weighted by molar-refractivity contribution is -0.112. The van der Waals surface area contributed by atoms with Crippen molar-refractivity contribution < 1.29 is 9.53 Å². The summed E-state index contributed by atoms with van der Waals surface area (Å²) in [6, 6.07) is 10.8. The van der Waals surface area contributed by atoms with E-state index in [1.165, 1.54) is 6.08 Å². The molecule has 0 fully saturated rings. The second kappa shape index (κ2) is 8.75. The Balaban J connectivity index is 2.31. The van der Waals surface area contributed by atoms with Gasteiger partial charge in [-0.25, -0.2) is 0 Å². The fourth-order valence-electron chi connectivity index (χ4n) is 2.32. The number of halogens is 2. The monoisotopic (exact) mass is 388 g/mol. The van der Waals surface area contributed by atoms with Gasteiger partial charge in [0.25, 0.3) is 5.91 Å². The second-order valence-corrected chi connectivity index (χ2v) is 6.50. The minimum atomic E-state index is -0.498. The minimum Gasteiger partial charge on any atom is -0.491 e. The van der Waals surface area contributed by atoms with E-state index in [1.807, 2.05) is 45.0 Å². The van der Waals surface area contributed by atoms with Crippen molar-refractivity contribution in [2.45, 2.75) is 20.8 Å². The van der Waals surface area contributed by atoms with E-state index in [4.69, 9.17) is 27.9 Å². The lowest BCUT2D eigenvalue weighted by Crippen LogP contribution is -2.14. The van der Waals surface area contributed by atoms with Crippen molar-refractivity contribution in [2.24, 2.45) is 0 Å². The molecule has 0 saturated carbocycles. The maximum Gasteiger partial charge on any atom is 0.266 e. The van der Waals surface area contributed by atoms with Gasteiger partial charge < -0.3 is 10.1 Å². The summed E-state index contributed by atoms with van der Waals surface area (Å²) in [7, 11) is 0. The molecule has 2 aromatic rings. The van der Waals surface area contributed by atoms with Gasteiger partial charge in [0.05, 0.1) is 16.7 Å². The number of amides is 1. The van der Waals surface area contributed by atoms with Crippen LogP contribution in [0.4, 0.5) is 5.69 Å². The van der Waals surface area contributed by atoms with E-state index < -0.39 is 5.91 Å². The zero-order valence-electron chi connectivity index (χ0n) is 14.7. The number of carbonyl (C=O) groups is 1. The Bertz CT molecular complexity index is 892. The highest BCUT2D eigenvalue weighted by Crippen LogP contribution is 2.34. The van der Waals surface area contributed by atoms with Gasteiger partial charge in [-0.15, -0.1) is 0 Å². The van der Waals surface area contributed by atoms with Gasteiger partial charge in [0.2, 0.25) is 0 Å². The van der Waals surface area contributed by atoms with Crippen LogP contribution in [-0.2, 0) is 4.79 Å². The minimum absolute atomic E-state index is 0.0535. The van der Waals surface area contributed by atoms with E-state index in [1.54, 1.807) is 12.1 Å². The maximum atomic E-state index is 12.5. The summed E-state index contributed by atoms with van der Waals surface area (Å²) in [6.07, 6.45) is 1.44. The Labute approximate surface area is 163 Å². The maximum absolute atomic E-state index is 12.5. The number of ether oxygens (including phenoxy) is 1. The van der Waals surface area contributed by atoms with Gasteiger partial charge in [0.15, 0.2) is 5.75 Å². The molecule has 1 N–H and O–H groups in total. The lowest BCUT2D eigenvalue weighted by Gasteiger charge is -2.10. The number of nitriles is 1. The van der Waals surface area contributed by atoms with E-state index in [2.05, 4.69) is 5.32 Å². The number of anilines is 1. The number of rotatable bonds is 5. The van der Waals surface area contributed by atoms with E-state index in [-0.39, 0.29) is 5.57 Å². The molecule has 0 atom stereocenters. The smallest absolute Gasteiger partial charge is 0.266 e. The van der Waals surface area contributed by atoms with Gasteiger partial charge in [-0.3, -0.25) is 4.79 Å². The van der Waals surface area contributed by atoms with Crippen LogP contribution in [0.3, 0.4) is 0 Å². The van der Waals surface area contributed by atoms with Gasteiger partial charge in [0, 0.05) is 5.69 Å². The molecule has 0 spiro atoms. The highest BCUT2D eigenvalue weighted by molar-refractivity contribution is 6.37. The molecule has 2 rings (SSSR count). The van der Waals surface area contributed by atoms with Gasteiger partial charge in [-0.1, -0.05) is 35.3 Å². The summed E-state index contributed by atoms with van der Waals surface area (Å²) >= 11 is 12.3. The Kier molecular flexibility index (Phi) is 6.68. The van der Waals surface area contributed by atoms with E-state index in [0.29, 0.717) is 33.7 Å². The van der Waals surface area contributed by atoms with Crippen molar-refractivity contribution in [3.8, 4) is 11.8 Å². The molecule has 0 heterocycles. The summed E-state index contributed by atoms with van der Waals surface area (Å²) in [5.74, 6) is -0.117. The van der Waals surface area contributed by atoms with Crippen LogP contribution in [0.1, 0.15) is 23.6 Å². The fraction of sp³-hybridized carbons (Fsp3) is 0.200. The van der Waals surface area contributed by atoms with Crippen LogP contribution in [-0.4, -0.2) is 12.5 Å². The quantitative estimate of drug-likeness (QED) is 0.538. The van der Waals surface area contributed by atoms with Crippen LogP contribution in [0, 0.1) is 25.2 Å². The molecular formula is C20H18Cl2N2O2. The normalized spacial score (nSPS) is 11.0. The standard InChI is InChI=1S/C20H18Cl2N2O2/c1-4-26-19-16(21)9-14(10-17(19)22)8-15(11-23)20(25)24-18-7-12(2)5-6-13(18)3/h5-10H,4H2,1-3H3,(H,24,25)/b15-8+. The Hall–Kier alpha value is -2.48. The van der Waals surface area contributed by atoms with Crippen molar-refractivity contribution in [2.75, 3.05) is 11.9 Å². The molecule has 6 heteroatoms. The lowest BCUT2D eigenvalue weighted by atomic mass is 10.1. The fourth-order valence-corrected chi connectivity index (χ4v) is 2.93.